The lowest BCUT2D eigenvalue weighted by Crippen LogP contribution is -2.56. The first-order chi connectivity index (χ1) is 13.8. The lowest BCUT2D eigenvalue weighted by molar-refractivity contribution is 0.0641. The first-order valence-electron chi connectivity index (χ1n) is 9.71. The van der Waals surface area contributed by atoms with E-state index in [1.54, 1.807) is 6.33 Å². The molecule has 2 N–H and O–H groups in total. The number of rotatable bonds is 2. The largest absolute Gasteiger partial charge is 0.361 e. The van der Waals surface area contributed by atoms with Crippen molar-refractivity contribution in [1.82, 2.24) is 24.8 Å². The number of benzene rings is 1. The summed E-state index contributed by atoms with van der Waals surface area (Å²) in [4.78, 5) is 32.9. The number of nitrogens with zero attached hydrogens (tertiary/aromatic N) is 4. The zero-order valence-corrected chi connectivity index (χ0v) is 15.3. The summed E-state index contributed by atoms with van der Waals surface area (Å²) in [6, 6.07) is 10.4. The first kappa shape index (κ1) is 15.7. The minimum Gasteiger partial charge on any atom is -0.361 e. The predicted molar refractivity (Wildman–Crippen MR) is 107 cm³/mol. The molecule has 0 unspecified atom stereocenters. The van der Waals surface area contributed by atoms with E-state index in [1.807, 2.05) is 42.7 Å². The summed E-state index contributed by atoms with van der Waals surface area (Å²) < 4.78 is 0. The van der Waals surface area contributed by atoms with E-state index >= 15 is 0 Å². The molecular weight excluding hydrogens is 352 g/mol. The second-order valence-corrected chi connectivity index (χ2v) is 7.72. The molecule has 0 spiro atoms. The fraction of sp³-hybridized carbons (Fsp3) is 0.286. The Morgan fingerprint density at radius 1 is 1.00 bits per heavy atom. The molecule has 140 valence electrons. The molecule has 7 nitrogen and oxygen atoms in total. The zero-order valence-electron chi connectivity index (χ0n) is 15.3. The number of H-pyrrole nitrogens is 2. The lowest BCUT2D eigenvalue weighted by atomic mass is 10.1. The Hall–Kier alpha value is -3.35. The molecule has 2 aliphatic rings. The van der Waals surface area contributed by atoms with Gasteiger partial charge in [-0.05, 0) is 43.2 Å². The number of anilines is 1. The maximum Gasteiger partial charge on any atom is 0.254 e. The highest BCUT2D eigenvalue weighted by atomic mass is 16.2. The van der Waals surface area contributed by atoms with Crippen LogP contribution in [0, 0.1) is 0 Å². The maximum absolute atomic E-state index is 13.3. The minimum atomic E-state index is 0.143. The van der Waals surface area contributed by atoms with Crippen LogP contribution in [-0.2, 0) is 0 Å². The molecule has 2 bridgehead atoms. The summed E-state index contributed by atoms with van der Waals surface area (Å²) in [6.07, 6.45) is 7.50. The summed E-state index contributed by atoms with van der Waals surface area (Å²) in [7, 11) is 0. The molecule has 2 fully saturated rings. The Morgan fingerprint density at radius 2 is 1.82 bits per heavy atom. The number of amides is 1. The van der Waals surface area contributed by atoms with Gasteiger partial charge in [0.25, 0.3) is 5.91 Å². The molecule has 4 aromatic rings. The van der Waals surface area contributed by atoms with Gasteiger partial charge in [-0.3, -0.25) is 4.79 Å². The molecule has 2 atom stereocenters. The van der Waals surface area contributed by atoms with Crippen LogP contribution in [0.5, 0.6) is 0 Å². The Bertz CT molecular complexity index is 1180. The molecule has 0 aliphatic carbocycles. The van der Waals surface area contributed by atoms with Crippen molar-refractivity contribution in [2.45, 2.75) is 24.9 Å². The number of piperazine rings is 1. The van der Waals surface area contributed by atoms with E-state index in [0.717, 1.165) is 59.2 Å². The van der Waals surface area contributed by atoms with Crippen LogP contribution in [0.4, 0.5) is 5.82 Å². The van der Waals surface area contributed by atoms with E-state index in [1.165, 1.54) is 0 Å². The van der Waals surface area contributed by atoms with Gasteiger partial charge in [-0.15, -0.1) is 0 Å². The van der Waals surface area contributed by atoms with E-state index in [2.05, 4.69) is 29.7 Å². The van der Waals surface area contributed by atoms with E-state index in [0.29, 0.717) is 0 Å². The Labute approximate surface area is 161 Å². The normalized spacial score (nSPS) is 21.7. The molecule has 7 heteroatoms. The molecule has 2 saturated heterocycles. The number of nitrogens with one attached hydrogen (secondary N) is 2. The molecule has 0 saturated carbocycles. The van der Waals surface area contributed by atoms with Crippen LogP contribution in [-0.4, -0.2) is 55.9 Å². The van der Waals surface area contributed by atoms with E-state index < -0.39 is 0 Å². The monoisotopic (exact) mass is 372 g/mol. The van der Waals surface area contributed by atoms with Crippen LogP contribution in [0.1, 0.15) is 23.2 Å². The lowest BCUT2D eigenvalue weighted by Gasteiger charge is -2.41. The third kappa shape index (κ3) is 2.25. The summed E-state index contributed by atoms with van der Waals surface area (Å²) in [6.45, 7) is 1.62. The van der Waals surface area contributed by atoms with Crippen molar-refractivity contribution < 1.29 is 4.79 Å². The highest BCUT2D eigenvalue weighted by molar-refractivity contribution is 5.99. The summed E-state index contributed by atoms with van der Waals surface area (Å²) in [5.41, 5.74) is 2.69. The summed E-state index contributed by atoms with van der Waals surface area (Å²) in [5, 5.41) is 2.12. The Balaban J connectivity index is 1.30. The van der Waals surface area contributed by atoms with Gasteiger partial charge in [-0.1, -0.05) is 0 Å². The van der Waals surface area contributed by atoms with Crippen molar-refractivity contribution in [1.29, 1.82) is 0 Å². The van der Waals surface area contributed by atoms with Gasteiger partial charge in [0.15, 0.2) is 0 Å². The molecule has 28 heavy (non-hydrogen) atoms. The fourth-order valence-electron chi connectivity index (χ4n) is 4.85. The van der Waals surface area contributed by atoms with Crippen LogP contribution in [0.15, 0.2) is 49.1 Å². The first-order valence-corrected chi connectivity index (χ1v) is 9.71. The third-order valence-corrected chi connectivity index (χ3v) is 6.15. The van der Waals surface area contributed by atoms with E-state index in [9.17, 15) is 4.79 Å². The average Bonchev–Trinajstić information content (AvgIpc) is 3.44. The van der Waals surface area contributed by atoms with Gasteiger partial charge in [0.2, 0.25) is 0 Å². The van der Waals surface area contributed by atoms with Gasteiger partial charge in [0.1, 0.15) is 17.8 Å². The number of hydrogen-bond donors (Lipinski definition) is 2. The number of fused-ring (bicyclic) bond motifs is 4. The van der Waals surface area contributed by atoms with Gasteiger partial charge in [-0.2, -0.15) is 0 Å². The van der Waals surface area contributed by atoms with Gasteiger partial charge in [0.05, 0.1) is 17.5 Å². The number of carbonyl (C=O) groups excluding carboxylic acids is 1. The van der Waals surface area contributed by atoms with Crippen molar-refractivity contribution >= 4 is 33.7 Å². The smallest absolute Gasteiger partial charge is 0.254 e. The van der Waals surface area contributed by atoms with Crippen molar-refractivity contribution in [2.75, 3.05) is 18.0 Å². The SMILES string of the molecule is O=C(c1ccc2[nH]ccc2c1)N1[C@@H]2CC[C@H]1CN(c1ncnc3[nH]ccc13)C2. The molecule has 1 aromatic carbocycles. The number of aromatic nitrogens is 4. The van der Waals surface area contributed by atoms with E-state index in [-0.39, 0.29) is 18.0 Å². The minimum absolute atomic E-state index is 0.143. The van der Waals surface area contributed by atoms with Crippen LogP contribution in [0.2, 0.25) is 0 Å². The van der Waals surface area contributed by atoms with Gasteiger partial charge in [-0.25, -0.2) is 9.97 Å². The van der Waals surface area contributed by atoms with Crippen molar-refractivity contribution in [3.63, 3.8) is 0 Å². The maximum atomic E-state index is 13.3. The molecule has 1 amide bonds. The average molecular weight is 372 g/mol. The summed E-state index contributed by atoms with van der Waals surface area (Å²) in [5.74, 6) is 1.11. The Kier molecular flexibility index (Phi) is 3.26. The number of aromatic amines is 2. The molecule has 2 aliphatic heterocycles. The number of hydrogen-bond acceptors (Lipinski definition) is 4. The van der Waals surface area contributed by atoms with Gasteiger partial charge < -0.3 is 19.8 Å². The topological polar surface area (TPSA) is 80.9 Å². The fourth-order valence-corrected chi connectivity index (χ4v) is 4.85. The second-order valence-electron chi connectivity index (χ2n) is 7.72. The summed E-state index contributed by atoms with van der Waals surface area (Å²) >= 11 is 0. The molecule has 6 rings (SSSR count). The Morgan fingerprint density at radius 3 is 2.68 bits per heavy atom. The van der Waals surface area contributed by atoms with Gasteiger partial charge >= 0.3 is 0 Å². The van der Waals surface area contributed by atoms with Crippen LogP contribution in [0.3, 0.4) is 0 Å². The second kappa shape index (κ2) is 5.82. The predicted octanol–water partition coefficient (Wildman–Crippen LogP) is 2.93. The van der Waals surface area contributed by atoms with Crippen LogP contribution < -0.4 is 4.90 Å². The quantitative estimate of drug-likeness (QED) is 0.567. The van der Waals surface area contributed by atoms with Crippen LogP contribution >= 0.6 is 0 Å². The molecule has 3 aromatic heterocycles. The van der Waals surface area contributed by atoms with Crippen molar-refractivity contribution in [3.8, 4) is 0 Å². The highest BCUT2D eigenvalue weighted by Crippen LogP contribution is 2.35. The van der Waals surface area contributed by atoms with Crippen molar-refractivity contribution in [2.24, 2.45) is 0 Å². The van der Waals surface area contributed by atoms with Gasteiger partial charge in [0, 0.05) is 41.9 Å². The molecule has 0 radical (unpaired) electrons. The number of carbonyl (C=O) groups is 1. The third-order valence-electron chi connectivity index (χ3n) is 6.15. The van der Waals surface area contributed by atoms with Crippen molar-refractivity contribution in [3.05, 3.63) is 54.6 Å². The standard InChI is InChI=1S/C21H20N6O/c28-21(14-1-4-18-13(9-14)5-7-22-18)27-15-2-3-16(27)11-26(10-15)20-17-6-8-23-19(17)24-12-25-20/h1,4-9,12,15-16,22H,2-3,10-11H2,(H,23,24,25)/t15-,16+. The zero-order chi connectivity index (χ0) is 18.7. The van der Waals surface area contributed by atoms with Crippen LogP contribution in [0.25, 0.3) is 21.9 Å². The molecular formula is C21H20N6O. The van der Waals surface area contributed by atoms with E-state index in [4.69, 9.17) is 0 Å². The molecule has 5 heterocycles. The highest BCUT2D eigenvalue weighted by Gasteiger charge is 2.43.